The number of hydrogen-bond donors (Lipinski definition) is 0. The summed E-state index contributed by atoms with van der Waals surface area (Å²) in [5.74, 6) is -0.410. The lowest BCUT2D eigenvalue weighted by molar-refractivity contribution is -0.265. The van der Waals surface area contributed by atoms with Crippen molar-refractivity contribution < 1.29 is 14.6 Å². The zero-order chi connectivity index (χ0) is 8.85. The van der Waals surface area contributed by atoms with E-state index in [2.05, 4.69) is 9.78 Å². The van der Waals surface area contributed by atoms with E-state index in [1.165, 1.54) is 0 Å². The molecule has 0 aromatic carbocycles. The van der Waals surface area contributed by atoms with Crippen LogP contribution in [0.1, 0.15) is 27.7 Å². The highest BCUT2D eigenvalue weighted by Gasteiger charge is 2.06. The largest absolute Gasteiger partial charge is 0.368 e. The van der Waals surface area contributed by atoms with E-state index in [9.17, 15) is 4.79 Å². The molecule has 0 aliphatic carbocycles. The van der Waals surface area contributed by atoms with Gasteiger partial charge < -0.3 is 0 Å². The van der Waals surface area contributed by atoms with Crippen LogP contribution in [0.25, 0.3) is 0 Å². The Bertz CT molecular complexity index is 166. The van der Waals surface area contributed by atoms with Crippen molar-refractivity contribution >= 4 is 5.97 Å². The number of hydrogen-bond acceptors (Lipinski definition) is 3. The van der Waals surface area contributed by atoms with Crippen molar-refractivity contribution in [2.45, 2.75) is 27.7 Å². The Balaban J connectivity index is 3.95. The third-order valence-corrected chi connectivity index (χ3v) is 1.31. The molecular formula is C8H14O3. The van der Waals surface area contributed by atoms with E-state index in [0.29, 0.717) is 12.2 Å². The second-order valence-corrected chi connectivity index (χ2v) is 2.40. The molecule has 0 unspecified atom stereocenters. The third-order valence-electron chi connectivity index (χ3n) is 1.31. The topological polar surface area (TPSA) is 35.5 Å². The van der Waals surface area contributed by atoms with Crippen LogP contribution in [0.4, 0.5) is 0 Å². The summed E-state index contributed by atoms with van der Waals surface area (Å²) in [5, 5.41) is 0. The number of rotatable bonds is 3. The predicted molar refractivity (Wildman–Crippen MR) is 41.8 cm³/mol. The van der Waals surface area contributed by atoms with Crippen molar-refractivity contribution in [3.63, 3.8) is 0 Å². The van der Waals surface area contributed by atoms with Gasteiger partial charge in [-0.1, -0.05) is 5.57 Å². The first-order valence-electron chi connectivity index (χ1n) is 3.57. The second kappa shape index (κ2) is 4.91. The molecule has 0 aromatic heterocycles. The molecule has 0 radical (unpaired) electrons. The van der Waals surface area contributed by atoms with Crippen molar-refractivity contribution in [2.75, 3.05) is 6.61 Å². The Morgan fingerprint density at radius 3 is 2.18 bits per heavy atom. The lowest BCUT2D eigenvalue weighted by Gasteiger charge is -2.02. The minimum atomic E-state index is -0.410. The van der Waals surface area contributed by atoms with E-state index in [1.807, 2.05) is 13.8 Å². The van der Waals surface area contributed by atoms with Crippen molar-refractivity contribution in [3.8, 4) is 0 Å². The SMILES string of the molecule is CCOOC(=O)C(C)=C(C)C. The van der Waals surface area contributed by atoms with E-state index >= 15 is 0 Å². The van der Waals surface area contributed by atoms with Crippen LogP contribution in [0.15, 0.2) is 11.1 Å². The molecule has 0 heterocycles. The number of allylic oxidation sites excluding steroid dienone is 1. The second-order valence-electron chi connectivity index (χ2n) is 2.40. The highest BCUT2D eigenvalue weighted by Crippen LogP contribution is 2.03. The molecule has 0 rings (SSSR count). The molecule has 0 spiro atoms. The zero-order valence-electron chi connectivity index (χ0n) is 7.43. The van der Waals surface area contributed by atoms with Gasteiger partial charge in [0, 0.05) is 5.57 Å². The lowest BCUT2D eigenvalue weighted by Crippen LogP contribution is -2.07. The van der Waals surface area contributed by atoms with Gasteiger partial charge in [0.05, 0.1) is 6.61 Å². The van der Waals surface area contributed by atoms with E-state index in [4.69, 9.17) is 0 Å². The van der Waals surface area contributed by atoms with Crippen molar-refractivity contribution in [1.29, 1.82) is 0 Å². The summed E-state index contributed by atoms with van der Waals surface area (Å²) < 4.78 is 0. The van der Waals surface area contributed by atoms with Crippen LogP contribution in [0.5, 0.6) is 0 Å². The summed E-state index contributed by atoms with van der Waals surface area (Å²) in [6.45, 7) is 7.54. The van der Waals surface area contributed by atoms with Crippen LogP contribution < -0.4 is 0 Å². The summed E-state index contributed by atoms with van der Waals surface area (Å²) in [4.78, 5) is 19.8. The highest BCUT2D eigenvalue weighted by atomic mass is 17.2. The van der Waals surface area contributed by atoms with Gasteiger partial charge in [-0.15, -0.1) is 0 Å². The van der Waals surface area contributed by atoms with Crippen LogP contribution in [-0.2, 0) is 14.6 Å². The summed E-state index contributed by atoms with van der Waals surface area (Å²) in [7, 11) is 0. The minimum absolute atomic E-state index is 0.377. The Kier molecular flexibility index (Phi) is 4.54. The van der Waals surface area contributed by atoms with Gasteiger partial charge >= 0.3 is 5.97 Å². The molecule has 0 atom stereocenters. The summed E-state index contributed by atoms with van der Waals surface area (Å²) in [5.41, 5.74) is 1.54. The Morgan fingerprint density at radius 2 is 1.82 bits per heavy atom. The minimum Gasteiger partial charge on any atom is -0.293 e. The van der Waals surface area contributed by atoms with Crippen LogP contribution in [-0.4, -0.2) is 12.6 Å². The molecule has 0 bridgehead atoms. The molecule has 0 amide bonds. The maximum atomic E-state index is 10.9. The molecule has 64 valence electrons. The average molecular weight is 158 g/mol. The highest BCUT2D eigenvalue weighted by molar-refractivity contribution is 5.87. The quantitative estimate of drug-likeness (QED) is 0.357. The van der Waals surface area contributed by atoms with Gasteiger partial charge in [-0.25, -0.2) is 4.79 Å². The van der Waals surface area contributed by atoms with Gasteiger partial charge in [-0.05, 0) is 27.7 Å². The first-order valence-corrected chi connectivity index (χ1v) is 3.57. The molecule has 3 nitrogen and oxygen atoms in total. The molecule has 0 saturated heterocycles. The number of carbonyl (C=O) groups excluding carboxylic acids is 1. The van der Waals surface area contributed by atoms with Gasteiger partial charge in [-0.3, -0.25) is 4.89 Å². The molecule has 11 heavy (non-hydrogen) atoms. The fourth-order valence-electron chi connectivity index (χ4n) is 0.379. The van der Waals surface area contributed by atoms with E-state index in [-0.39, 0.29) is 0 Å². The molecule has 0 aliphatic rings. The lowest BCUT2D eigenvalue weighted by atomic mass is 10.2. The van der Waals surface area contributed by atoms with Gasteiger partial charge in [0.25, 0.3) is 0 Å². The molecule has 3 heteroatoms. The standard InChI is InChI=1S/C8H14O3/c1-5-10-11-8(9)7(4)6(2)3/h5H2,1-4H3. The molecule has 0 saturated carbocycles. The average Bonchev–Trinajstić information content (AvgIpc) is 1.98. The molecule has 0 aliphatic heterocycles. The molecule has 0 N–H and O–H groups in total. The van der Waals surface area contributed by atoms with E-state index < -0.39 is 5.97 Å². The zero-order valence-corrected chi connectivity index (χ0v) is 7.43. The third kappa shape index (κ3) is 3.78. The van der Waals surface area contributed by atoms with Crippen LogP contribution in [0.2, 0.25) is 0 Å². The van der Waals surface area contributed by atoms with Gasteiger partial charge in [0.1, 0.15) is 0 Å². The molecule has 0 fully saturated rings. The maximum Gasteiger partial charge on any atom is 0.368 e. The summed E-state index contributed by atoms with van der Waals surface area (Å²) in [6, 6.07) is 0. The monoisotopic (exact) mass is 158 g/mol. The van der Waals surface area contributed by atoms with Gasteiger partial charge in [0.2, 0.25) is 0 Å². The fraction of sp³-hybridized carbons (Fsp3) is 0.625. The Morgan fingerprint density at radius 1 is 1.27 bits per heavy atom. The summed E-state index contributed by atoms with van der Waals surface area (Å²) in [6.07, 6.45) is 0. The van der Waals surface area contributed by atoms with Gasteiger partial charge in [-0.2, -0.15) is 4.89 Å². The number of carbonyl (C=O) groups is 1. The predicted octanol–water partition coefficient (Wildman–Crippen LogP) is 1.84. The molecule has 0 aromatic rings. The fourth-order valence-corrected chi connectivity index (χ4v) is 0.379. The maximum absolute atomic E-state index is 10.9. The normalized spacial score (nSPS) is 9.09. The van der Waals surface area contributed by atoms with Crippen LogP contribution in [0.3, 0.4) is 0 Å². The van der Waals surface area contributed by atoms with Crippen LogP contribution in [0, 0.1) is 0 Å². The first-order chi connectivity index (χ1) is 5.09. The van der Waals surface area contributed by atoms with Crippen molar-refractivity contribution in [2.24, 2.45) is 0 Å². The first kappa shape index (κ1) is 10.2. The van der Waals surface area contributed by atoms with Crippen LogP contribution >= 0.6 is 0 Å². The Hall–Kier alpha value is -0.830. The molecular weight excluding hydrogens is 144 g/mol. The van der Waals surface area contributed by atoms with Crippen molar-refractivity contribution in [3.05, 3.63) is 11.1 Å². The van der Waals surface area contributed by atoms with Gasteiger partial charge in [0.15, 0.2) is 0 Å². The van der Waals surface area contributed by atoms with E-state index in [1.54, 1.807) is 13.8 Å². The smallest absolute Gasteiger partial charge is 0.293 e. The van der Waals surface area contributed by atoms with E-state index in [0.717, 1.165) is 5.57 Å². The Labute approximate surface area is 66.9 Å². The summed E-state index contributed by atoms with van der Waals surface area (Å²) >= 11 is 0. The van der Waals surface area contributed by atoms with Crippen molar-refractivity contribution in [1.82, 2.24) is 0 Å².